The molecule has 3 nitrogen and oxygen atoms in total. The second-order valence-corrected chi connectivity index (χ2v) is 4.27. The van der Waals surface area contributed by atoms with Gasteiger partial charge in [-0.05, 0) is 6.92 Å². The summed E-state index contributed by atoms with van der Waals surface area (Å²) in [4.78, 5) is 15.1. The highest BCUT2D eigenvalue weighted by atomic mass is 32.1. The molecule has 0 saturated carbocycles. The summed E-state index contributed by atoms with van der Waals surface area (Å²) in [7, 11) is 0. The Bertz CT molecular complexity index is 376. The Morgan fingerprint density at radius 3 is 2.82 bits per heavy atom. The molecule has 0 aliphatic heterocycles. The number of aromatic nitrogens is 1. The Labute approximate surface area is 101 Å². The molecule has 96 valence electrons. The lowest BCUT2D eigenvalue weighted by Gasteiger charge is -2.02. The number of esters is 1. The first-order chi connectivity index (χ1) is 7.90. The number of halogens is 3. The molecule has 0 aromatic carbocycles. The van der Waals surface area contributed by atoms with Crippen LogP contribution in [-0.2, 0) is 22.4 Å². The highest BCUT2D eigenvalue weighted by molar-refractivity contribution is 7.09. The number of ether oxygens (including phenoxy) is 1. The van der Waals surface area contributed by atoms with Crippen LogP contribution in [-0.4, -0.2) is 23.7 Å². The molecular weight excluding hydrogens is 255 g/mol. The molecule has 17 heavy (non-hydrogen) atoms. The Balaban J connectivity index is 2.45. The lowest BCUT2D eigenvalue weighted by molar-refractivity contribution is -0.142. The smallest absolute Gasteiger partial charge is 0.389 e. The van der Waals surface area contributed by atoms with Crippen molar-refractivity contribution in [3.63, 3.8) is 0 Å². The molecule has 0 spiro atoms. The van der Waals surface area contributed by atoms with Gasteiger partial charge in [0.2, 0.25) is 0 Å². The third-order valence-electron chi connectivity index (χ3n) is 1.85. The van der Waals surface area contributed by atoms with Gasteiger partial charge in [0.1, 0.15) is 0 Å². The molecule has 0 atom stereocenters. The normalized spacial score (nSPS) is 11.5. The van der Waals surface area contributed by atoms with Gasteiger partial charge in [-0.3, -0.25) is 4.79 Å². The SMILES string of the molecule is CCOC(=O)Cc1csc(CCC(F)(F)F)n1. The van der Waals surface area contributed by atoms with E-state index in [1.807, 2.05) is 0 Å². The second-order valence-electron chi connectivity index (χ2n) is 3.33. The average Bonchev–Trinajstić information content (AvgIpc) is 2.62. The van der Waals surface area contributed by atoms with Crippen molar-refractivity contribution in [3.8, 4) is 0 Å². The zero-order valence-corrected chi connectivity index (χ0v) is 10.0. The maximum Gasteiger partial charge on any atom is 0.389 e. The van der Waals surface area contributed by atoms with Crippen molar-refractivity contribution >= 4 is 17.3 Å². The first-order valence-electron chi connectivity index (χ1n) is 5.06. The van der Waals surface area contributed by atoms with Crippen LogP contribution in [0.1, 0.15) is 24.0 Å². The van der Waals surface area contributed by atoms with Gasteiger partial charge in [0.25, 0.3) is 0 Å². The number of carbonyl (C=O) groups is 1. The van der Waals surface area contributed by atoms with Gasteiger partial charge in [0, 0.05) is 18.2 Å². The molecule has 0 fully saturated rings. The van der Waals surface area contributed by atoms with Gasteiger partial charge in [-0.1, -0.05) is 0 Å². The maximum absolute atomic E-state index is 12.0. The van der Waals surface area contributed by atoms with Gasteiger partial charge < -0.3 is 4.74 Å². The number of hydrogen-bond acceptors (Lipinski definition) is 4. The molecule has 1 aromatic rings. The van der Waals surface area contributed by atoms with E-state index in [1.54, 1.807) is 12.3 Å². The fourth-order valence-electron chi connectivity index (χ4n) is 1.15. The van der Waals surface area contributed by atoms with Crippen molar-refractivity contribution in [2.24, 2.45) is 0 Å². The van der Waals surface area contributed by atoms with Gasteiger partial charge in [0.15, 0.2) is 0 Å². The summed E-state index contributed by atoms with van der Waals surface area (Å²) in [5, 5.41) is 1.98. The van der Waals surface area contributed by atoms with Crippen LogP contribution < -0.4 is 0 Å². The molecule has 0 N–H and O–H groups in total. The molecule has 1 rings (SSSR count). The van der Waals surface area contributed by atoms with E-state index in [1.165, 1.54) is 0 Å². The summed E-state index contributed by atoms with van der Waals surface area (Å²) in [6.45, 7) is 1.97. The van der Waals surface area contributed by atoms with Crippen molar-refractivity contribution in [2.75, 3.05) is 6.61 Å². The van der Waals surface area contributed by atoms with E-state index in [0.717, 1.165) is 11.3 Å². The van der Waals surface area contributed by atoms with Crippen LogP contribution >= 0.6 is 11.3 Å². The standard InChI is InChI=1S/C10H12F3NO2S/c1-2-16-9(15)5-7-6-17-8(14-7)3-4-10(11,12)13/h6H,2-5H2,1H3. The Morgan fingerprint density at radius 1 is 1.53 bits per heavy atom. The van der Waals surface area contributed by atoms with Crippen molar-refractivity contribution in [1.29, 1.82) is 0 Å². The highest BCUT2D eigenvalue weighted by Gasteiger charge is 2.27. The van der Waals surface area contributed by atoms with Gasteiger partial charge >= 0.3 is 12.1 Å². The van der Waals surface area contributed by atoms with Crippen LogP contribution in [0.4, 0.5) is 13.2 Å². The molecule has 0 amide bonds. The lowest BCUT2D eigenvalue weighted by Crippen LogP contribution is -2.09. The molecule has 0 unspecified atom stereocenters. The van der Waals surface area contributed by atoms with E-state index in [9.17, 15) is 18.0 Å². The van der Waals surface area contributed by atoms with Crippen molar-refractivity contribution in [3.05, 3.63) is 16.1 Å². The largest absolute Gasteiger partial charge is 0.466 e. The second kappa shape index (κ2) is 6.00. The minimum Gasteiger partial charge on any atom is -0.466 e. The molecule has 0 aliphatic carbocycles. The Hall–Kier alpha value is -1.11. The van der Waals surface area contributed by atoms with Gasteiger partial charge in [0.05, 0.1) is 23.7 Å². The lowest BCUT2D eigenvalue weighted by atomic mass is 10.3. The molecule has 7 heteroatoms. The van der Waals surface area contributed by atoms with Crippen LogP contribution in [0.2, 0.25) is 0 Å². The highest BCUT2D eigenvalue weighted by Crippen LogP contribution is 2.23. The predicted molar refractivity (Wildman–Crippen MR) is 56.8 cm³/mol. The van der Waals surface area contributed by atoms with E-state index in [0.29, 0.717) is 10.7 Å². The van der Waals surface area contributed by atoms with Crippen LogP contribution in [0.15, 0.2) is 5.38 Å². The van der Waals surface area contributed by atoms with Crippen LogP contribution in [0, 0.1) is 0 Å². The minimum absolute atomic E-state index is 0.0103. The summed E-state index contributed by atoms with van der Waals surface area (Å²) in [6.07, 6.45) is -5.19. The van der Waals surface area contributed by atoms with Crippen LogP contribution in [0.3, 0.4) is 0 Å². The van der Waals surface area contributed by atoms with Crippen molar-refractivity contribution in [2.45, 2.75) is 32.4 Å². The van der Waals surface area contributed by atoms with E-state index in [4.69, 9.17) is 4.74 Å². The topological polar surface area (TPSA) is 39.2 Å². The monoisotopic (exact) mass is 267 g/mol. The number of carbonyl (C=O) groups excluding carboxylic acids is 1. The first kappa shape index (κ1) is 14.0. The number of aryl methyl sites for hydroxylation is 1. The number of hydrogen-bond donors (Lipinski definition) is 0. The van der Waals surface area contributed by atoms with Crippen molar-refractivity contribution in [1.82, 2.24) is 4.98 Å². The number of rotatable bonds is 5. The van der Waals surface area contributed by atoms with E-state index in [2.05, 4.69) is 4.98 Å². The summed E-state index contributed by atoms with van der Waals surface area (Å²) >= 11 is 1.13. The van der Waals surface area contributed by atoms with Gasteiger partial charge in [-0.15, -0.1) is 11.3 Å². The average molecular weight is 267 g/mol. The third kappa shape index (κ3) is 5.67. The van der Waals surface area contributed by atoms with Gasteiger partial charge in [-0.25, -0.2) is 4.98 Å². The molecular formula is C10H12F3NO2S. The third-order valence-corrected chi connectivity index (χ3v) is 2.81. The summed E-state index contributed by atoms with van der Waals surface area (Å²) in [6, 6.07) is 0. The molecule has 1 heterocycles. The minimum atomic E-state index is -4.17. The molecule has 0 aliphatic rings. The predicted octanol–water partition coefficient (Wildman–Crippen LogP) is 2.74. The summed E-state index contributed by atoms with van der Waals surface area (Å²) in [5.41, 5.74) is 0.464. The molecule has 0 saturated heterocycles. The Morgan fingerprint density at radius 2 is 2.24 bits per heavy atom. The molecule has 0 radical (unpaired) electrons. The summed E-state index contributed by atoms with van der Waals surface area (Å²) < 4.78 is 40.6. The number of thiazole rings is 1. The van der Waals surface area contributed by atoms with Crippen molar-refractivity contribution < 1.29 is 22.7 Å². The fourth-order valence-corrected chi connectivity index (χ4v) is 1.95. The first-order valence-corrected chi connectivity index (χ1v) is 5.94. The van der Waals surface area contributed by atoms with E-state index >= 15 is 0 Å². The van der Waals surface area contributed by atoms with E-state index in [-0.39, 0.29) is 19.4 Å². The van der Waals surface area contributed by atoms with Crippen LogP contribution in [0.5, 0.6) is 0 Å². The zero-order valence-electron chi connectivity index (χ0n) is 9.21. The zero-order chi connectivity index (χ0) is 12.9. The maximum atomic E-state index is 12.0. The van der Waals surface area contributed by atoms with Gasteiger partial charge in [-0.2, -0.15) is 13.2 Å². The number of nitrogens with zero attached hydrogens (tertiary/aromatic N) is 1. The summed E-state index contributed by atoms with van der Waals surface area (Å²) in [5.74, 6) is -0.417. The molecule has 1 aromatic heterocycles. The fraction of sp³-hybridized carbons (Fsp3) is 0.600. The quantitative estimate of drug-likeness (QED) is 0.770. The Kier molecular flexibility index (Phi) is 4.92. The van der Waals surface area contributed by atoms with E-state index < -0.39 is 18.6 Å². The van der Waals surface area contributed by atoms with Crippen LogP contribution in [0.25, 0.3) is 0 Å². The molecule has 0 bridgehead atoms. The number of alkyl halides is 3.